The molecule has 4 aromatic rings. The van der Waals surface area contributed by atoms with Crippen molar-refractivity contribution < 1.29 is 18.7 Å². The lowest BCUT2D eigenvalue weighted by molar-refractivity contribution is 0.0648. The second kappa shape index (κ2) is 8.74. The third-order valence-corrected chi connectivity index (χ3v) is 5.80. The van der Waals surface area contributed by atoms with Gasteiger partial charge in [-0.15, -0.1) is 0 Å². The summed E-state index contributed by atoms with van der Waals surface area (Å²) in [5, 5.41) is 0. The Hall–Kier alpha value is -3.19. The van der Waals surface area contributed by atoms with E-state index in [-0.39, 0.29) is 18.2 Å². The standard InChI is InChI=1S/C17H23N10O4P/c1-10(3-26-7-24-12-14(18)20-5-22-16(12)26)30-9-32(28,29)31-11(2)4-27-8-25-13-15(19)21-6-23-17(13)27/h5-8,10-11H,3-4,9H2,1-2H3,(H,28,29)(H2,18,20,22)(H2,19,21,23)/t10-,11+/m1/s1. The van der Waals surface area contributed by atoms with Gasteiger partial charge in [-0.3, -0.25) is 4.57 Å². The summed E-state index contributed by atoms with van der Waals surface area (Å²) in [5.41, 5.74) is 13.6. The van der Waals surface area contributed by atoms with Crippen molar-refractivity contribution in [3.63, 3.8) is 0 Å². The fourth-order valence-electron chi connectivity index (χ4n) is 3.24. The molecular formula is C17H23N10O4P. The molecule has 0 aromatic carbocycles. The maximum absolute atomic E-state index is 12.5. The van der Waals surface area contributed by atoms with Gasteiger partial charge in [-0.2, -0.15) is 0 Å². The van der Waals surface area contributed by atoms with Crippen molar-refractivity contribution in [2.75, 3.05) is 17.8 Å². The number of rotatable bonds is 9. The van der Waals surface area contributed by atoms with E-state index in [1.807, 2.05) is 0 Å². The van der Waals surface area contributed by atoms with E-state index in [9.17, 15) is 9.46 Å². The molecule has 0 saturated carbocycles. The number of hydrogen-bond acceptors (Lipinski definition) is 11. The molecule has 0 radical (unpaired) electrons. The number of anilines is 2. The lowest BCUT2D eigenvalue weighted by atomic mass is 10.4. The highest BCUT2D eigenvalue weighted by Gasteiger charge is 2.25. The molecule has 0 amide bonds. The normalized spacial score (nSPS) is 15.7. The van der Waals surface area contributed by atoms with Gasteiger partial charge in [0, 0.05) is 0 Å². The molecule has 0 aliphatic rings. The molecule has 15 heteroatoms. The van der Waals surface area contributed by atoms with Crippen LogP contribution in [0.5, 0.6) is 0 Å². The molecule has 3 atom stereocenters. The fourth-order valence-corrected chi connectivity index (χ4v) is 4.37. The summed E-state index contributed by atoms with van der Waals surface area (Å²) in [6.45, 7) is 4.03. The second-order valence-corrected chi connectivity index (χ2v) is 9.06. The molecule has 0 aliphatic heterocycles. The molecule has 0 aliphatic carbocycles. The van der Waals surface area contributed by atoms with Crippen LogP contribution in [0.2, 0.25) is 0 Å². The molecule has 14 nitrogen and oxygen atoms in total. The van der Waals surface area contributed by atoms with Crippen molar-refractivity contribution in [3.05, 3.63) is 25.3 Å². The highest BCUT2D eigenvalue weighted by Crippen LogP contribution is 2.43. The molecular weight excluding hydrogens is 439 g/mol. The van der Waals surface area contributed by atoms with Crippen LogP contribution in [0.25, 0.3) is 22.3 Å². The van der Waals surface area contributed by atoms with Crippen LogP contribution in [0.1, 0.15) is 13.8 Å². The number of nitrogen functional groups attached to an aromatic ring is 2. The van der Waals surface area contributed by atoms with Crippen LogP contribution in [0, 0.1) is 0 Å². The van der Waals surface area contributed by atoms with Crippen molar-refractivity contribution in [3.8, 4) is 0 Å². The fraction of sp³-hybridized carbons (Fsp3) is 0.412. The third kappa shape index (κ3) is 4.67. The Labute approximate surface area is 182 Å². The Bertz CT molecular complexity index is 1290. The average molecular weight is 462 g/mol. The van der Waals surface area contributed by atoms with E-state index in [1.54, 1.807) is 29.3 Å². The van der Waals surface area contributed by atoms with Gasteiger partial charge in [-0.25, -0.2) is 29.9 Å². The summed E-state index contributed by atoms with van der Waals surface area (Å²) in [7, 11) is -4.02. The maximum Gasteiger partial charge on any atom is 0.353 e. The van der Waals surface area contributed by atoms with E-state index < -0.39 is 26.2 Å². The highest BCUT2D eigenvalue weighted by molar-refractivity contribution is 7.52. The van der Waals surface area contributed by atoms with Gasteiger partial charge in [0.2, 0.25) is 0 Å². The van der Waals surface area contributed by atoms with Gasteiger partial charge in [0.25, 0.3) is 0 Å². The number of hydrogen-bond donors (Lipinski definition) is 3. The number of imidazole rings is 2. The van der Waals surface area contributed by atoms with E-state index >= 15 is 0 Å². The first-order valence-electron chi connectivity index (χ1n) is 9.68. The van der Waals surface area contributed by atoms with Crippen LogP contribution in [0.3, 0.4) is 0 Å². The van der Waals surface area contributed by atoms with Gasteiger partial charge < -0.3 is 34.8 Å². The monoisotopic (exact) mass is 462 g/mol. The molecule has 4 rings (SSSR count). The second-order valence-electron chi connectivity index (χ2n) is 7.32. The lowest BCUT2D eigenvalue weighted by Crippen LogP contribution is -2.20. The smallest absolute Gasteiger partial charge is 0.353 e. The third-order valence-electron chi connectivity index (χ3n) is 4.63. The van der Waals surface area contributed by atoms with Crippen LogP contribution in [0.4, 0.5) is 11.6 Å². The average Bonchev–Trinajstić information content (AvgIpc) is 3.33. The predicted octanol–water partition coefficient (Wildman–Crippen LogP) is 0.784. The topological polar surface area (TPSA) is 195 Å². The zero-order valence-electron chi connectivity index (χ0n) is 17.4. The Balaban J connectivity index is 1.32. The molecule has 0 fully saturated rings. The van der Waals surface area contributed by atoms with E-state index in [0.717, 1.165) is 0 Å². The highest BCUT2D eigenvalue weighted by atomic mass is 31.2. The summed E-state index contributed by atoms with van der Waals surface area (Å²) in [5.74, 6) is 0.543. The summed E-state index contributed by atoms with van der Waals surface area (Å²) >= 11 is 0. The van der Waals surface area contributed by atoms with Gasteiger partial charge in [-0.1, -0.05) is 0 Å². The zero-order chi connectivity index (χ0) is 22.9. The first kappa shape index (κ1) is 22.0. The molecule has 1 unspecified atom stereocenters. The Kier molecular flexibility index (Phi) is 6.02. The van der Waals surface area contributed by atoms with E-state index in [1.165, 1.54) is 19.0 Å². The number of ether oxygens (including phenoxy) is 1. The van der Waals surface area contributed by atoms with Gasteiger partial charge >= 0.3 is 7.60 Å². The van der Waals surface area contributed by atoms with Crippen molar-refractivity contribution in [2.45, 2.75) is 39.1 Å². The van der Waals surface area contributed by atoms with E-state index in [4.69, 9.17) is 20.7 Å². The number of nitrogens with two attached hydrogens (primary N) is 2. The predicted molar refractivity (Wildman–Crippen MR) is 115 cm³/mol. The van der Waals surface area contributed by atoms with E-state index in [2.05, 4.69) is 29.9 Å². The molecule has 170 valence electrons. The largest absolute Gasteiger partial charge is 0.382 e. The minimum atomic E-state index is -4.02. The Morgan fingerprint density at radius 3 is 1.94 bits per heavy atom. The van der Waals surface area contributed by atoms with Crippen molar-refractivity contribution in [1.82, 2.24) is 39.0 Å². The Morgan fingerprint density at radius 2 is 1.41 bits per heavy atom. The molecule has 4 aromatic heterocycles. The summed E-state index contributed by atoms with van der Waals surface area (Å²) in [6, 6.07) is 0. The van der Waals surface area contributed by atoms with Crippen LogP contribution >= 0.6 is 7.60 Å². The minimum Gasteiger partial charge on any atom is -0.382 e. The Morgan fingerprint density at radius 1 is 0.906 bits per heavy atom. The summed E-state index contributed by atoms with van der Waals surface area (Å²) < 4.78 is 26.9. The first-order chi connectivity index (χ1) is 15.2. The molecule has 5 N–H and O–H groups in total. The van der Waals surface area contributed by atoms with Gasteiger partial charge in [0.1, 0.15) is 30.0 Å². The van der Waals surface area contributed by atoms with Gasteiger partial charge in [-0.05, 0) is 13.8 Å². The molecule has 4 heterocycles. The van der Waals surface area contributed by atoms with Crippen LogP contribution in [-0.4, -0.2) is 62.5 Å². The van der Waals surface area contributed by atoms with Gasteiger partial charge in [0.15, 0.2) is 22.9 Å². The molecule has 0 saturated heterocycles. The van der Waals surface area contributed by atoms with Crippen LogP contribution < -0.4 is 11.5 Å². The number of aromatic nitrogens is 8. The number of fused-ring (bicyclic) bond motifs is 2. The zero-order valence-corrected chi connectivity index (χ0v) is 18.3. The summed E-state index contributed by atoms with van der Waals surface area (Å²) in [6.07, 6.45) is 4.28. The maximum atomic E-state index is 12.5. The molecule has 0 bridgehead atoms. The first-order valence-corrected chi connectivity index (χ1v) is 11.4. The van der Waals surface area contributed by atoms with Gasteiger partial charge in [0.05, 0.1) is 38.0 Å². The summed E-state index contributed by atoms with van der Waals surface area (Å²) in [4.78, 5) is 34.7. The van der Waals surface area contributed by atoms with E-state index in [0.29, 0.717) is 28.9 Å². The molecule has 0 spiro atoms. The van der Waals surface area contributed by atoms with Crippen LogP contribution in [-0.2, 0) is 26.9 Å². The minimum absolute atomic E-state index is 0.245. The van der Waals surface area contributed by atoms with Crippen molar-refractivity contribution in [2.24, 2.45) is 0 Å². The SMILES string of the molecule is C[C@H](Cn1cnc2c(N)ncnc21)OCP(=O)(O)O[C@@H](C)Cn1cnc2c(N)ncnc21. The molecule has 32 heavy (non-hydrogen) atoms. The van der Waals surface area contributed by atoms with Crippen LogP contribution in [0.15, 0.2) is 25.3 Å². The quantitative estimate of drug-likeness (QED) is 0.296. The van der Waals surface area contributed by atoms with Crippen molar-refractivity contribution in [1.29, 1.82) is 0 Å². The number of nitrogens with zero attached hydrogens (tertiary/aromatic N) is 8. The van der Waals surface area contributed by atoms with Crippen molar-refractivity contribution >= 4 is 41.6 Å². The lowest BCUT2D eigenvalue weighted by Gasteiger charge is -2.20.